The lowest BCUT2D eigenvalue weighted by atomic mass is 10.1. The largest absolute Gasteiger partial charge is 0.503 e. The van der Waals surface area contributed by atoms with E-state index in [1.165, 1.54) is 42.7 Å². The van der Waals surface area contributed by atoms with Crippen LogP contribution in [0.3, 0.4) is 0 Å². The van der Waals surface area contributed by atoms with E-state index >= 15 is 0 Å². The second kappa shape index (κ2) is 12.0. The molecule has 3 aromatic carbocycles. The van der Waals surface area contributed by atoms with Crippen LogP contribution >= 0.6 is 8.02 Å². The fourth-order valence-electron chi connectivity index (χ4n) is 3.58. The number of benzene rings is 3. The van der Waals surface area contributed by atoms with E-state index in [0.717, 1.165) is 5.56 Å². The number of methoxy groups -OCH3 is 6. The van der Waals surface area contributed by atoms with Crippen LogP contribution in [0.2, 0.25) is 0 Å². The Hall–Kier alpha value is -3.75. The van der Waals surface area contributed by atoms with Crippen LogP contribution in [-0.2, 0) is 9.30 Å². The van der Waals surface area contributed by atoms with Crippen LogP contribution in [0.1, 0.15) is 11.1 Å². The van der Waals surface area contributed by atoms with Crippen LogP contribution in [0.4, 0.5) is 5.69 Å². The molecule has 0 fully saturated rings. The van der Waals surface area contributed by atoms with Gasteiger partial charge in [-0.1, -0.05) is 12.2 Å². The number of anilines is 1. The molecule has 1 atom stereocenters. The van der Waals surface area contributed by atoms with Gasteiger partial charge in [0, 0.05) is 11.6 Å². The smallest absolute Gasteiger partial charge is 0.203 e. The maximum atomic E-state index is 13.7. The van der Waals surface area contributed by atoms with Crippen LogP contribution in [0.15, 0.2) is 47.4 Å². The first kappa shape index (κ1) is 27.8. The van der Waals surface area contributed by atoms with E-state index in [9.17, 15) is 9.32 Å². The van der Waals surface area contributed by atoms with Crippen molar-refractivity contribution in [2.45, 2.75) is 4.90 Å². The maximum Gasteiger partial charge on any atom is 0.203 e. The zero-order valence-electron chi connectivity index (χ0n) is 21.4. The number of nitrogens with one attached hydrogen (secondary N) is 1. The van der Waals surface area contributed by atoms with Crippen molar-refractivity contribution in [3.8, 4) is 40.2 Å². The van der Waals surface area contributed by atoms with Gasteiger partial charge in [0.25, 0.3) is 0 Å². The zero-order chi connectivity index (χ0) is 27.2. The van der Waals surface area contributed by atoms with Gasteiger partial charge in [-0.25, -0.2) is 4.21 Å². The molecule has 0 heterocycles. The highest BCUT2D eigenvalue weighted by Crippen LogP contribution is 2.41. The number of aromatic hydroxyl groups is 1. The quantitative estimate of drug-likeness (QED) is 0.188. The molecule has 0 saturated heterocycles. The van der Waals surface area contributed by atoms with Crippen LogP contribution in [0.5, 0.6) is 40.2 Å². The second-order valence-corrected chi connectivity index (χ2v) is 11.1. The van der Waals surface area contributed by atoms with Crippen molar-refractivity contribution < 1.29 is 37.7 Å². The molecule has 11 heteroatoms. The molecule has 198 valence electrons. The molecule has 9 nitrogen and oxygen atoms in total. The van der Waals surface area contributed by atoms with Gasteiger partial charge in [-0.15, -0.1) is 0 Å². The third kappa shape index (κ3) is 5.98. The molecule has 3 rings (SSSR count). The first-order valence-electron chi connectivity index (χ1n) is 10.9. The molecular weight excluding hydrogens is 517 g/mol. The molecule has 0 radical (unpaired) electrons. The average Bonchev–Trinajstić information content (AvgIpc) is 2.92. The summed E-state index contributed by atoms with van der Waals surface area (Å²) in [5.74, 6) is 2.36. The van der Waals surface area contributed by atoms with Crippen molar-refractivity contribution >= 4 is 35.2 Å². The van der Waals surface area contributed by atoms with Gasteiger partial charge in [-0.2, -0.15) is 0 Å². The van der Waals surface area contributed by atoms with Gasteiger partial charge < -0.3 is 38.2 Å². The van der Waals surface area contributed by atoms with E-state index in [0.29, 0.717) is 39.2 Å². The highest BCUT2D eigenvalue weighted by Gasteiger charge is 2.19. The Morgan fingerprint density at radius 3 is 1.84 bits per heavy atom. The van der Waals surface area contributed by atoms with Crippen LogP contribution in [-0.4, -0.2) is 52.0 Å². The van der Waals surface area contributed by atoms with Crippen molar-refractivity contribution in [1.29, 1.82) is 0 Å². The molecule has 0 aliphatic rings. The van der Waals surface area contributed by atoms with Crippen molar-refractivity contribution in [2.24, 2.45) is 0 Å². The molecule has 2 N–H and O–H groups in total. The highest BCUT2D eigenvalue weighted by atomic mass is 32.5. The highest BCUT2D eigenvalue weighted by molar-refractivity contribution is 8.21. The van der Waals surface area contributed by atoms with E-state index in [2.05, 4.69) is 12.7 Å². The van der Waals surface area contributed by atoms with E-state index in [1.54, 1.807) is 54.6 Å². The van der Waals surface area contributed by atoms with Gasteiger partial charge >= 0.3 is 0 Å². The third-order valence-corrected chi connectivity index (χ3v) is 7.89. The van der Waals surface area contributed by atoms with E-state index in [4.69, 9.17) is 28.4 Å². The number of hydrogen-bond acceptors (Lipinski definition) is 8. The Kier molecular flexibility index (Phi) is 9.02. The summed E-state index contributed by atoms with van der Waals surface area (Å²) in [5.41, 5.74) is 1.48. The molecular formula is C26H30NO8PS. The number of phenols is 1. The molecule has 0 saturated carbocycles. The van der Waals surface area contributed by atoms with E-state index < -0.39 is 9.30 Å². The van der Waals surface area contributed by atoms with Crippen molar-refractivity contribution in [1.82, 2.24) is 0 Å². The molecule has 1 unspecified atom stereocenters. The number of phenolic OH excluding ortho intramolecular Hbond substituents is 1. The van der Waals surface area contributed by atoms with Gasteiger partial charge in [-0.3, -0.25) is 0 Å². The summed E-state index contributed by atoms with van der Waals surface area (Å²) >= 11 is 0. The van der Waals surface area contributed by atoms with Gasteiger partial charge in [0.15, 0.2) is 34.5 Å². The summed E-state index contributed by atoms with van der Waals surface area (Å²) in [6, 6.07) is 11.8. The van der Waals surface area contributed by atoms with Gasteiger partial charge in [0.2, 0.25) is 5.75 Å². The molecule has 0 amide bonds. The minimum absolute atomic E-state index is 0.192. The topological polar surface area (TPSA) is 105 Å². The van der Waals surface area contributed by atoms with Crippen molar-refractivity contribution in [3.05, 3.63) is 53.6 Å². The molecule has 0 aliphatic carbocycles. The Labute approximate surface area is 218 Å². The summed E-state index contributed by atoms with van der Waals surface area (Å²) in [6.07, 6.45) is 3.54. The van der Waals surface area contributed by atoms with Crippen LogP contribution in [0.25, 0.3) is 12.2 Å². The Bertz CT molecular complexity index is 1380. The van der Waals surface area contributed by atoms with Crippen molar-refractivity contribution in [2.75, 3.05) is 47.4 Å². The first-order valence-corrected chi connectivity index (χ1v) is 13.7. The third-order valence-electron chi connectivity index (χ3n) is 5.47. The lowest BCUT2D eigenvalue weighted by Crippen LogP contribution is -2.11. The first-order chi connectivity index (χ1) is 17.7. The number of rotatable bonds is 11. The van der Waals surface area contributed by atoms with E-state index in [1.807, 2.05) is 0 Å². The standard InChI is InChI=1S/C26H30NO8PS/c1-30-19-12-10-18(15-21(19)32-3)37(29,36)27-24-17(9-11-20(31-2)25(24)28)8-7-16-13-22(33-4)26(35-6)23(14-16)34-5/h7-15,28,36H,1-6H3,(H,27,29)/b8-7-. The molecule has 0 aliphatic heterocycles. The summed E-state index contributed by atoms with van der Waals surface area (Å²) in [4.78, 5) is 0.378. The SMILES string of the molecule is COc1ccc(S(=O)(=P)Nc2c(/C=C\c3cc(OC)c(OC)c(OC)c3)ccc(OC)c2O)cc1OC. The fourth-order valence-corrected chi connectivity index (χ4v) is 5.42. The Morgan fingerprint density at radius 2 is 1.30 bits per heavy atom. The summed E-state index contributed by atoms with van der Waals surface area (Å²) < 4.78 is 48.8. The van der Waals surface area contributed by atoms with Crippen LogP contribution < -0.4 is 33.1 Å². The number of hydrogen-bond donors (Lipinski definition) is 2. The molecule has 3 aromatic rings. The van der Waals surface area contributed by atoms with Crippen LogP contribution in [0, 0.1) is 0 Å². The predicted octanol–water partition coefficient (Wildman–Crippen LogP) is 5.34. The summed E-state index contributed by atoms with van der Waals surface area (Å²) in [7, 11) is 9.32. The van der Waals surface area contributed by atoms with E-state index in [-0.39, 0.29) is 17.2 Å². The summed E-state index contributed by atoms with van der Waals surface area (Å²) in [6.45, 7) is 0. The summed E-state index contributed by atoms with van der Waals surface area (Å²) in [5, 5.41) is 10.9. The monoisotopic (exact) mass is 547 g/mol. The van der Waals surface area contributed by atoms with Gasteiger partial charge in [0.05, 0.1) is 62.5 Å². The minimum Gasteiger partial charge on any atom is -0.503 e. The van der Waals surface area contributed by atoms with Gasteiger partial charge in [0.1, 0.15) is 0 Å². The molecule has 0 spiro atoms. The normalized spacial score (nSPS) is 12.5. The second-order valence-electron chi connectivity index (χ2n) is 7.55. The number of ether oxygens (including phenoxy) is 6. The molecule has 0 bridgehead atoms. The Balaban J connectivity index is 2.07. The fraction of sp³-hybridized carbons (Fsp3) is 0.231. The van der Waals surface area contributed by atoms with Gasteiger partial charge in [-0.05, 0) is 50.0 Å². The van der Waals surface area contributed by atoms with Crippen molar-refractivity contribution in [3.63, 3.8) is 0 Å². The lowest BCUT2D eigenvalue weighted by Gasteiger charge is -2.18. The Morgan fingerprint density at radius 1 is 0.730 bits per heavy atom. The molecule has 0 aromatic heterocycles. The minimum atomic E-state index is -3.09. The lowest BCUT2D eigenvalue weighted by molar-refractivity contribution is 0.324. The average molecular weight is 548 g/mol. The predicted molar refractivity (Wildman–Crippen MR) is 148 cm³/mol. The molecule has 37 heavy (non-hydrogen) atoms. The maximum absolute atomic E-state index is 13.7. The zero-order valence-corrected chi connectivity index (χ0v) is 23.2.